The lowest BCUT2D eigenvalue weighted by molar-refractivity contribution is -0.325. The fraction of sp³-hybridized carbons (Fsp3) is 0.478. The van der Waals surface area contributed by atoms with E-state index in [1.54, 1.807) is 17.2 Å². The van der Waals surface area contributed by atoms with Gasteiger partial charge in [-0.2, -0.15) is 0 Å². The van der Waals surface area contributed by atoms with Crippen molar-refractivity contribution in [2.24, 2.45) is 5.92 Å². The smallest absolute Gasteiger partial charge is 0.493 e. The summed E-state index contributed by atoms with van der Waals surface area (Å²) in [4.78, 5) is 19.6. The molecule has 10 heteroatoms. The van der Waals surface area contributed by atoms with Crippen LogP contribution in [0.4, 0.5) is 13.2 Å². The maximum Gasteiger partial charge on any atom is 0.522 e. The van der Waals surface area contributed by atoms with Gasteiger partial charge in [0.2, 0.25) is 0 Å². The number of benzene rings is 1. The number of carbonyl (C=O) groups excluding carboxylic acids is 1. The van der Waals surface area contributed by atoms with E-state index in [4.69, 9.17) is 14.2 Å². The number of ether oxygens (including phenoxy) is 4. The first-order chi connectivity index (χ1) is 15.8. The van der Waals surface area contributed by atoms with Crippen molar-refractivity contribution < 1.29 is 36.9 Å². The quantitative estimate of drug-likeness (QED) is 0.583. The van der Waals surface area contributed by atoms with Crippen LogP contribution in [0.1, 0.15) is 22.5 Å². The first-order valence-corrected chi connectivity index (χ1v) is 10.6. The van der Waals surface area contributed by atoms with E-state index in [0.717, 1.165) is 12.1 Å². The lowest BCUT2D eigenvalue weighted by Gasteiger charge is -2.42. The number of alkyl halides is 3. The van der Waals surface area contributed by atoms with Gasteiger partial charge in [0, 0.05) is 41.9 Å². The van der Waals surface area contributed by atoms with Gasteiger partial charge in [-0.05, 0) is 36.8 Å². The molecular formula is C23H25F3N2O5. The Labute approximate surface area is 189 Å². The molecule has 7 nitrogen and oxygen atoms in total. The van der Waals surface area contributed by atoms with Gasteiger partial charge in [-0.15, -0.1) is 13.2 Å². The summed E-state index contributed by atoms with van der Waals surface area (Å²) < 4.78 is 56.4. The van der Waals surface area contributed by atoms with Crippen molar-refractivity contribution in [2.45, 2.75) is 18.2 Å². The van der Waals surface area contributed by atoms with Gasteiger partial charge in [0.15, 0.2) is 11.5 Å². The fourth-order valence-electron chi connectivity index (χ4n) is 4.52. The van der Waals surface area contributed by atoms with Crippen molar-refractivity contribution in [2.75, 3.05) is 46.6 Å². The van der Waals surface area contributed by atoms with E-state index in [-0.39, 0.29) is 35.3 Å². The summed E-state index contributed by atoms with van der Waals surface area (Å²) in [6.07, 6.45) is -2.18. The highest BCUT2D eigenvalue weighted by molar-refractivity contribution is 5.95. The molecule has 0 bridgehead atoms. The molecule has 1 amide bonds. The van der Waals surface area contributed by atoms with Gasteiger partial charge >= 0.3 is 6.36 Å². The van der Waals surface area contributed by atoms with Crippen molar-refractivity contribution in [3.8, 4) is 11.5 Å². The average Bonchev–Trinajstić information content (AvgIpc) is 3.26. The SMILES string of the molecule is COc1cc(C(=O)N2CC[C@@]3(c4ccccn4)COC[C@H]3C2)ccc1OCCOC(F)(F)F. The Morgan fingerprint density at radius 3 is 2.82 bits per heavy atom. The third kappa shape index (κ3) is 5.06. The molecule has 0 unspecified atom stereocenters. The minimum absolute atomic E-state index is 0.142. The largest absolute Gasteiger partial charge is 0.522 e. The molecule has 0 aliphatic carbocycles. The molecule has 2 aromatic rings. The number of methoxy groups -OCH3 is 1. The van der Waals surface area contributed by atoms with Crippen molar-refractivity contribution >= 4 is 5.91 Å². The van der Waals surface area contributed by atoms with E-state index in [2.05, 4.69) is 9.72 Å². The number of aromatic nitrogens is 1. The number of nitrogens with zero attached hydrogens (tertiary/aromatic N) is 2. The first kappa shape index (κ1) is 23.3. The van der Waals surface area contributed by atoms with Crippen LogP contribution in [0.15, 0.2) is 42.6 Å². The van der Waals surface area contributed by atoms with Gasteiger partial charge in [-0.25, -0.2) is 0 Å². The molecular weight excluding hydrogens is 441 g/mol. The highest BCUT2D eigenvalue weighted by Gasteiger charge is 2.50. The number of hydrogen-bond donors (Lipinski definition) is 0. The minimum atomic E-state index is -4.71. The molecule has 4 rings (SSSR count). The number of carbonyl (C=O) groups is 1. The van der Waals surface area contributed by atoms with Crippen LogP contribution in [0.25, 0.3) is 0 Å². The molecule has 2 aliphatic heterocycles. The number of likely N-dealkylation sites (tertiary alicyclic amines) is 1. The van der Waals surface area contributed by atoms with Crippen LogP contribution in [-0.4, -0.2) is 68.8 Å². The van der Waals surface area contributed by atoms with Crippen LogP contribution >= 0.6 is 0 Å². The van der Waals surface area contributed by atoms with Gasteiger partial charge in [-0.3, -0.25) is 14.5 Å². The number of halogens is 3. The summed E-state index contributed by atoms with van der Waals surface area (Å²) in [6, 6.07) is 10.5. The molecule has 2 saturated heterocycles. The Morgan fingerprint density at radius 2 is 2.09 bits per heavy atom. The molecule has 33 heavy (non-hydrogen) atoms. The van der Waals surface area contributed by atoms with Gasteiger partial charge in [0.05, 0.1) is 26.9 Å². The van der Waals surface area contributed by atoms with E-state index in [1.807, 2.05) is 18.2 Å². The lowest BCUT2D eigenvalue weighted by atomic mass is 9.70. The summed E-state index contributed by atoms with van der Waals surface area (Å²) in [5.41, 5.74) is 1.22. The standard InChI is InChI=1S/C23H25F3N2O5/c1-30-19-12-16(5-6-18(19)32-10-11-33-23(24,25)26)21(29)28-9-7-22(15-31-14-17(22)13-28)20-4-2-3-8-27-20/h2-6,8,12,17H,7,9-11,13-15H2,1H3/t17-,22-/m1/s1. The second-order valence-electron chi connectivity index (χ2n) is 8.09. The zero-order chi connectivity index (χ0) is 23.5. The van der Waals surface area contributed by atoms with E-state index >= 15 is 0 Å². The van der Waals surface area contributed by atoms with Crippen LogP contribution in [0.5, 0.6) is 11.5 Å². The maximum absolute atomic E-state index is 13.2. The van der Waals surface area contributed by atoms with E-state index in [1.165, 1.54) is 19.2 Å². The zero-order valence-corrected chi connectivity index (χ0v) is 18.1. The Bertz CT molecular complexity index is 972. The number of piperidine rings is 1. The van der Waals surface area contributed by atoms with Crippen molar-refractivity contribution in [3.05, 3.63) is 53.9 Å². The first-order valence-electron chi connectivity index (χ1n) is 10.6. The fourth-order valence-corrected chi connectivity index (χ4v) is 4.52. The molecule has 0 spiro atoms. The predicted octanol–water partition coefficient (Wildman–Crippen LogP) is 3.44. The summed E-state index contributed by atoms with van der Waals surface area (Å²) >= 11 is 0. The van der Waals surface area contributed by atoms with Gasteiger partial charge in [0.25, 0.3) is 5.91 Å². The third-order valence-corrected chi connectivity index (χ3v) is 6.21. The van der Waals surface area contributed by atoms with Gasteiger partial charge in [-0.1, -0.05) is 6.07 Å². The number of hydrogen-bond acceptors (Lipinski definition) is 6. The van der Waals surface area contributed by atoms with Crippen molar-refractivity contribution in [1.82, 2.24) is 9.88 Å². The van der Waals surface area contributed by atoms with Crippen LogP contribution in [0.2, 0.25) is 0 Å². The van der Waals surface area contributed by atoms with Crippen molar-refractivity contribution in [1.29, 1.82) is 0 Å². The Balaban J connectivity index is 1.42. The number of rotatable bonds is 7. The van der Waals surface area contributed by atoms with Crippen molar-refractivity contribution in [3.63, 3.8) is 0 Å². The highest BCUT2D eigenvalue weighted by Crippen LogP contribution is 2.43. The molecule has 2 fully saturated rings. The van der Waals surface area contributed by atoms with Gasteiger partial charge in [0.1, 0.15) is 6.61 Å². The Kier molecular flexibility index (Phi) is 6.76. The summed E-state index contributed by atoms with van der Waals surface area (Å²) in [6.45, 7) is 1.30. The molecule has 2 atom stereocenters. The second kappa shape index (κ2) is 9.56. The van der Waals surface area contributed by atoms with Crippen LogP contribution in [0.3, 0.4) is 0 Å². The number of amides is 1. The molecule has 178 valence electrons. The highest BCUT2D eigenvalue weighted by atomic mass is 19.4. The van der Waals surface area contributed by atoms with Crippen LogP contribution in [0, 0.1) is 5.92 Å². The topological polar surface area (TPSA) is 70.1 Å². The predicted molar refractivity (Wildman–Crippen MR) is 111 cm³/mol. The summed E-state index contributed by atoms with van der Waals surface area (Å²) in [5, 5.41) is 0. The normalized spacial score (nSPS) is 22.7. The Morgan fingerprint density at radius 1 is 1.24 bits per heavy atom. The minimum Gasteiger partial charge on any atom is -0.493 e. The number of fused-ring (bicyclic) bond motifs is 1. The van der Waals surface area contributed by atoms with E-state index in [9.17, 15) is 18.0 Å². The maximum atomic E-state index is 13.2. The molecule has 1 aromatic heterocycles. The Hall–Kier alpha value is -2.85. The zero-order valence-electron chi connectivity index (χ0n) is 18.1. The summed E-state index contributed by atoms with van der Waals surface area (Å²) in [7, 11) is 1.40. The van der Waals surface area contributed by atoms with Gasteiger partial charge < -0.3 is 19.1 Å². The molecule has 0 saturated carbocycles. The molecule has 3 heterocycles. The average molecular weight is 466 g/mol. The van der Waals surface area contributed by atoms with E-state index in [0.29, 0.717) is 31.9 Å². The van der Waals surface area contributed by atoms with Crippen LogP contribution in [-0.2, 0) is 14.9 Å². The second-order valence-corrected chi connectivity index (χ2v) is 8.09. The third-order valence-electron chi connectivity index (χ3n) is 6.21. The molecule has 1 aromatic carbocycles. The molecule has 0 N–H and O–H groups in total. The summed E-state index contributed by atoms with van der Waals surface area (Å²) in [5.74, 6) is 0.485. The molecule has 2 aliphatic rings. The lowest BCUT2D eigenvalue weighted by Crippen LogP contribution is -2.51. The number of pyridine rings is 1. The monoisotopic (exact) mass is 466 g/mol. The van der Waals surface area contributed by atoms with E-state index < -0.39 is 13.0 Å². The molecule has 0 radical (unpaired) electrons. The van der Waals surface area contributed by atoms with Crippen LogP contribution < -0.4 is 9.47 Å².